The lowest BCUT2D eigenvalue weighted by Crippen LogP contribution is -2.51. The van der Waals surface area contributed by atoms with E-state index in [-0.39, 0.29) is 24.7 Å². The lowest BCUT2D eigenvalue weighted by atomic mass is 9.98. The van der Waals surface area contributed by atoms with Crippen molar-refractivity contribution >= 4 is 23.5 Å². The Bertz CT molecular complexity index is 1110. The van der Waals surface area contributed by atoms with Crippen LogP contribution >= 0.6 is 0 Å². The molecule has 2 saturated heterocycles. The van der Waals surface area contributed by atoms with Crippen molar-refractivity contribution < 1.29 is 32.6 Å². The van der Waals surface area contributed by atoms with E-state index in [0.29, 0.717) is 38.5 Å². The predicted octanol–water partition coefficient (Wildman–Crippen LogP) is 2.05. The summed E-state index contributed by atoms with van der Waals surface area (Å²) in [5, 5.41) is 4.72. The van der Waals surface area contributed by atoms with Gasteiger partial charge in [-0.25, -0.2) is 9.18 Å². The van der Waals surface area contributed by atoms with Crippen LogP contribution in [0.2, 0.25) is 0 Å². The molecule has 4 amide bonds. The summed E-state index contributed by atoms with van der Waals surface area (Å²) in [5.41, 5.74) is 1.41. The van der Waals surface area contributed by atoms with Gasteiger partial charge in [0, 0.05) is 44.0 Å². The van der Waals surface area contributed by atoms with Crippen LogP contribution in [0.1, 0.15) is 12.0 Å². The van der Waals surface area contributed by atoms with Gasteiger partial charge in [-0.1, -0.05) is 30.3 Å². The Balaban J connectivity index is 1.40. The first-order valence-electron chi connectivity index (χ1n) is 11.7. The highest BCUT2D eigenvalue weighted by Crippen LogP contribution is 2.28. The Labute approximate surface area is 207 Å². The van der Waals surface area contributed by atoms with Gasteiger partial charge in [0.25, 0.3) is 5.91 Å². The smallest absolute Gasteiger partial charge is 0.322 e. The second-order valence-corrected chi connectivity index (χ2v) is 8.70. The number of ether oxygens (including phenoxy) is 2. The molecule has 9 nitrogen and oxygen atoms in total. The number of imide groups is 1. The number of piperazine rings is 1. The van der Waals surface area contributed by atoms with Crippen LogP contribution in [0.5, 0.6) is 5.75 Å². The minimum Gasteiger partial charge on any atom is -0.493 e. The average Bonchev–Trinajstić information content (AvgIpc) is 3.21. The van der Waals surface area contributed by atoms with Crippen molar-refractivity contribution in [3.05, 3.63) is 59.7 Å². The first-order valence-corrected chi connectivity index (χ1v) is 11.7. The van der Waals surface area contributed by atoms with E-state index < -0.39 is 35.5 Å². The highest BCUT2D eigenvalue weighted by molar-refractivity contribution is 6.04. The largest absolute Gasteiger partial charge is 0.493 e. The summed E-state index contributed by atoms with van der Waals surface area (Å²) in [5.74, 6) is -3.56. The maximum absolute atomic E-state index is 14.0. The van der Waals surface area contributed by atoms with Gasteiger partial charge in [-0.15, -0.1) is 0 Å². The lowest BCUT2D eigenvalue weighted by molar-refractivity contribution is -0.139. The molecule has 0 radical (unpaired) electrons. The van der Waals surface area contributed by atoms with Crippen molar-refractivity contribution in [3.63, 3.8) is 0 Å². The summed E-state index contributed by atoms with van der Waals surface area (Å²) in [7, 11) is 1.27. The number of benzene rings is 2. The Morgan fingerprint density at radius 3 is 2.47 bits per heavy atom. The van der Waals surface area contributed by atoms with Crippen LogP contribution in [0.15, 0.2) is 42.5 Å². The van der Waals surface area contributed by atoms with E-state index >= 15 is 0 Å². The number of halogens is 2. The molecule has 2 unspecified atom stereocenters. The Hall–Kier alpha value is -3.73. The minimum atomic E-state index is -1.04. The summed E-state index contributed by atoms with van der Waals surface area (Å²) in [6.45, 7) is 1.88. The van der Waals surface area contributed by atoms with Gasteiger partial charge in [0.05, 0.1) is 26.2 Å². The maximum atomic E-state index is 14.0. The lowest BCUT2D eigenvalue weighted by Gasteiger charge is -2.38. The zero-order valence-electron chi connectivity index (χ0n) is 19.8. The number of nitrogens with zero attached hydrogens (tertiary/aromatic N) is 2. The molecule has 2 aliphatic heterocycles. The third kappa shape index (κ3) is 5.91. The minimum absolute atomic E-state index is 0.0773. The van der Waals surface area contributed by atoms with Crippen LogP contribution in [0.3, 0.4) is 0 Å². The molecule has 11 heteroatoms. The topological polar surface area (TPSA) is 100 Å². The molecule has 4 rings (SSSR count). The molecule has 2 atom stereocenters. The quantitative estimate of drug-likeness (QED) is 0.510. The standard InChI is InChI=1S/C25H28F2N4O5/c1-35-21-13-18(12-19(26)22(21)27)30-7-9-31(10-8-30)24(33)17(11-20-23(32)29-25(34)28-20)15-36-14-16-5-3-2-4-6-16/h2-6,12-13,17,20H,7-11,14-15H2,1H3,(H2,28,29,32,34). The molecule has 0 spiro atoms. The van der Waals surface area contributed by atoms with Crippen LogP contribution in [0.25, 0.3) is 0 Å². The van der Waals surface area contributed by atoms with Gasteiger partial charge in [-0.2, -0.15) is 4.39 Å². The number of carbonyl (C=O) groups is 3. The number of hydrogen-bond acceptors (Lipinski definition) is 6. The maximum Gasteiger partial charge on any atom is 0.322 e. The molecule has 2 aliphatic rings. The molecule has 0 saturated carbocycles. The fourth-order valence-electron chi connectivity index (χ4n) is 4.37. The fraction of sp³-hybridized carbons (Fsp3) is 0.400. The molecule has 36 heavy (non-hydrogen) atoms. The number of anilines is 1. The first-order chi connectivity index (χ1) is 17.4. The van der Waals surface area contributed by atoms with E-state index in [1.807, 2.05) is 35.2 Å². The number of methoxy groups -OCH3 is 1. The highest BCUT2D eigenvalue weighted by atomic mass is 19.2. The van der Waals surface area contributed by atoms with Crippen LogP contribution in [-0.2, 0) is 20.9 Å². The van der Waals surface area contributed by atoms with Crippen molar-refractivity contribution in [1.82, 2.24) is 15.5 Å². The van der Waals surface area contributed by atoms with E-state index in [1.165, 1.54) is 13.2 Å². The predicted molar refractivity (Wildman–Crippen MR) is 126 cm³/mol. The molecule has 0 aromatic heterocycles. The molecule has 2 aromatic rings. The summed E-state index contributed by atoms with van der Waals surface area (Å²) in [6.07, 6.45) is 0.103. The Morgan fingerprint density at radius 2 is 1.83 bits per heavy atom. The second kappa shape index (κ2) is 11.3. The van der Waals surface area contributed by atoms with Crippen LogP contribution in [0.4, 0.5) is 19.3 Å². The molecule has 2 fully saturated rings. The second-order valence-electron chi connectivity index (χ2n) is 8.70. The van der Waals surface area contributed by atoms with E-state index in [1.54, 1.807) is 4.90 Å². The summed E-state index contributed by atoms with van der Waals surface area (Å²) < 4.78 is 38.5. The molecule has 2 aromatic carbocycles. The summed E-state index contributed by atoms with van der Waals surface area (Å²) in [4.78, 5) is 40.6. The number of carbonyl (C=O) groups excluding carboxylic acids is 3. The third-order valence-corrected chi connectivity index (χ3v) is 6.31. The van der Waals surface area contributed by atoms with Crippen molar-refractivity contribution in [2.45, 2.75) is 19.1 Å². The number of amides is 4. The van der Waals surface area contributed by atoms with Crippen LogP contribution in [-0.4, -0.2) is 68.7 Å². The van der Waals surface area contributed by atoms with Gasteiger partial charge < -0.3 is 24.6 Å². The Kier molecular flexibility index (Phi) is 7.99. The highest BCUT2D eigenvalue weighted by Gasteiger charge is 2.36. The van der Waals surface area contributed by atoms with Crippen molar-refractivity contribution in [3.8, 4) is 5.75 Å². The van der Waals surface area contributed by atoms with Gasteiger partial charge >= 0.3 is 6.03 Å². The molecule has 192 valence electrons. The van der Waals surface area contributed by atoms with Crippen LogP contribution < -0.4 is 20.3 Å². The molecule has 0 bridgehead atoms. The van der Waals surface area contributed by atoms with Gasteiger partial charge in [0.15, 0.2) is 11.6 Å². The number of hydrogen-bond donors (Lipinski definition) is 2. The fourth-order valence-corrected chi connectivity index (χ4v) is 4.37. The molecular weight excluding hydrogens is 474 g/mol. The number of urea groups is 1. The monoisotopic (exact) mass is 502 g/mol. The van der Waals surface area contributed by atoms with Gasteiger partial charge in [-0.05, 0) is 12.0 Å². The third-order valence-electron chi connectivity index (χ3n) is 6.31. The van der Waals surface area contributed by atoms with Gasteiger partial charge in [0.1, 0.15) is 6.04 Å². The Morgan fingerprint density at radius 1 is 1.11 bits per heavy atom. The zero-order chi connectivity index (χ0) is 25.7. The van der Waals surface area contributed by atoms with Gasteiger partial charge in [0.2, 0.25) is 11.7 Å². The van der Waals surface area contributed by atoms with Crippen molar-refractivity contribution in [2.75, 3.05) is 44.8 Å². The van der Waals surface area contributed by atoms with Crippen LogP contribution in [0, 0.1) is 17.6 Å². The van der Waals surface area contributed by atoms with E-state index in [9.17, 15) is 23.2 Å². The number of rotatable bonds is 9. The number of nitrogens with one attached hydrogen (secondary N) is 2. The van der Waals surface area contributed by atoms with Crippen molar-refractivity contribution in [2.24, 2.45) is 5.92 Å². The van der Waals surface area contributed by atoms with Crippen molar-refractivity contribution in [1.29, 1.82) is 0 Å². The molecule has 0 aliphatic carbocycles. The van der Waals surface area contributed by atoms with E-state index in [4.69, 9.17) is 9.47 Å². The average molecular weight is 503 g/mol. The molecule has 2 N–H and O–H groups in total. The van der Waals surface area contributed by atoms with Gasteiger partial charge in [-0.3, -0.25) is 14.9 Å². The summed E-state index contributed by atoms with van der Waals surface area (Å²) in [6, 6.07) is 10.6. The first kappa shape index (κ1) is 25.4. The SMILES string of the molecule is COc1cc(N2CCN(C(=O)C(COCc3ccccc3)CC3NC(=O)NC3=O)CC2)cc(F)c1F. The van der Waals surface area contributed by atoms with E-state index in [0.717, 1.165) is 11.6 Å². The molecule has 2 heterocycles. The van der Waals surface area contributed by atoms with E-state index in [2.05, 4.69) is 10.6 Å². The summed E-state index contributed by atoms with van der Waals surface area (Å²) >= 11 is 0. The normalized spacial score (nSPS) is 18.6. The zero-order valence-corrected chi connectivity index (χ0v) is 19.8. The molecular formula is C25H28F2N4O5.